The van der Waals surface area contributed by atoms with Gasteiger partial charge in [-0.25, -0.2) is 0 Å². The van der Waals surface area contributed by atoms with Crippen molar-refractivity contribution in [2.45, 2.75) is 45.1 Å². The molecule has 1 unspecified atom stereocenters. The predicted molar refractivity (Wildman–Crippen MR) is 43.3 cm³/mol. The largest absolute Gasteiger partial charge is 0.393 e. The second-order valence-corrected chi connectivity index (χ2v) is 3.34. The van der Waals surface area contributed by atoms with Crippen LogP contribution in [0.25, 0.3) is 0 Å². The van der Waals surface area contributed by atoms with Crippen molar-refractivity contribution in [2.75, 3.05) is 0 Å². The fourth-order valence-electron chi connectivity index (χ4n) is 1.12. The molecular formula is C9H16O2. The van der Waals surface area contributed by atoms with E-state index in [0.717, 1.165) is 19.3 Å². The molecule has 1 saturated carbocycles. The monoisotopic (exact) mass is 156 g/mol. The minimum Gasteiger partial charge on any atom is -0.393 e. The van der Waals surface area contributed by atoms with Gasteiger partial charge in [0, 0.05) is 12.3 Å². The lowest BCUT2D eigenvalue weighted by molar-refractivity contribution is -0.120. The Balaban J connectivity index is 2.05. The van der Waals surface area contributed by atoms with Crippen LogP contribution in [0.1, 0.15) is 39.0 Å². The number of ketones is 1. The first-order chi connectivity index (χ1) is 5.24. The molecule has 0 aromatic rings. The fourth-order valence-corrected chi connectivity index (χ4v) is 1.12. The number of aliphatic hydroxyl groups is 1. The van der Waals surface area contributed by atoms with Crippen molar-refractivity contribution >= 4 is 5.78 Å². The Bertz CT molecular complexity index is 138. The number of hydrogen-bond donors (Lipinski definition) is 1. The Kier molecular flexibility index (Phi) is 3.06. The smallest absolute Gasteiger partial charge is 0.136 e. The van der Waals surface area contributed by atoms with Gasteiger partial charge >= 0.3 is 0 Å². The molecule has 0 spiro atoms. The summed E-state index contributed by atoms with van der Waals surface area (Å²) in [4.78, 5) is 11.1. The first-order valence-corrected chi connectivity index (χ1v) is 4.44. The van der Waals surface area contributed by atoms with Crippen LogP contribution in [0.4, 0.5) is 0 Å². The third-order valence-corrected chi connectivity index (χ3v) is 2.23. The topological polar surface area (TPSA) is 37.3 Å². The molecule has 0 aromatic heterocycles. The van der Waals surface area contributed by atoms with Gasteiger partial charge in [-0.1, -0.05) is 6.92 Å². The molecule has 2 heteroatoms. The summed E-state index contributed by atoms with van der Waals surface area (Å²) in [6, 6.07) is 0. The number of rotatable bonds is 5. The van der Waals surface area contributed by atoms with E-state index < -0.39 is 0 Å². The van der Waals surface area contributed by atoms with Gasteiger partial charge in [0.1, 0.15) is 5.78 Å². The Morgan fingerprint density at radius 2 is 2.27 bits per heavy atom. The molecule has 1 aliphatic carbocycles. The van der Waals surface area contributed by atoms with E-state index >= 15 is 0 Å². The van der Waals surface area contributed by atoms with Gasteiger partial charge in [0.15, 0.2) is 0 Å². The maximum Gasteiger partial charge on any atom is 0.136 e. The first kappa shape index (κ1) is 8.72. The molecule has 1 fully saturated rings. The lowest BCUT2D eigenvalue weighted by Gasteiger charge is -2.05. The molecule has 64 valence electrons. The van der Waals surface area contributed by atoms with Gasteiger partial charge in [-0.2, -0.15) is 0 Å². The Hall–Kier alpha value is -0.370. The van der Waals surface area contributed by atoms with Gasteiger partial charge < -0.3 is 5.11 Å². The Morgan fingerprint density at radius 1 is 1.64 bits per heavy atom. The average molecular weight is 156 g/mol. The van der Waals surface area contributed by atoms with E-state index in [1.165, 1.54) is 0 Å². The molecule has 0 aromatic carbocycles. The molecule has 0 bridgehead atoms. The zero-order chi connectivity index (χ0) is 8.27. The summed E-state index contributed by atoms with van der Waals surface area (Å²) in [6.45, 7) is 1.94. The highest BCUT2D eigenvalue weighted by molar-refractivity contribution is 5.83. The summed E-state index contributed by atoms with van der Waals surface area (Å²) >= 11 is 0. The lowest BCUT2D eigenvalue weighted by Crippen LogP contribution is -2.09. The highest BCUT2D eigenvalue weighted by atomic mass is 16.3. The standard InChI is InChI=1S/C9H16O2/c1-2-8(10)5-6-9(11)7-3-4-7/h7-8,10H,2-6H2,1H3. The van der Waals surface area contributed by atoms with Crippen molar-refractivity contribution in [2.24, 2.45) is 5.92 Å². The molecule has 1 N–H and O–H groups in total. The molecule has 1 aliphatic rings. The van der Waals surface area contributed by atoms with Crippen molar-refractivity contribution in [1.29, 1.82) is 0 Å². The molecule has 0 aliphatic heterocycles. The van der Waals surface area contributed by atoms with Crippen LogP contribution in [0.2, 0.25) is 0 Å². The predicted octanol–water partition coefficient (Wildman–Crippen LogP) is 1.52. The van der Waals surface area contributed by atoms with Crippen LogP contribution >= 0.6 is 0 Å². The lowest BCUT2D eigenvalue weighted by atomic mass is 10.1. The summed E-state index contributed by atoms with van der Waals surface area (Å²) < 4.78 is 0. The van der Waals surface area contributed by atoms with Crippen molar-refractivity contribution in [3.8, 4) is 0 Å². The third kappa shape index (κ3) is 3.02. The van der Waals surface area contributed by atoms with Crippen LogP contribution in [0, 0.1) is 5.92 Å². The normalized spacial score (nSPS) is 19.8. The molecule has 11 heavy (non-hydrogen) atoms. The molecule has 0 amide bonds. The molecule has 0 radical (unpaired) electrons. The molecule has 0 heterocycles. The van der Waals surface area contributed by atoms with Crippen LogP contribution in [0.15, 0.2) is 0 Å². The van der Waals surface area contributed by atoms with Gasteiger partial charge in [0.25, 0.3) is 0 Å². The minimum atomic E-state index is -0.266. The van der Waals surface area contributed by atoms with E-state index in [0.29, 0.717) is 24.5 Å². The van der Waals surface area contributed by atoms with Crippen LogP contribution in [-0.2, 0) is 4.79 Å². The second kappa shape index (κ2) is 3.86. The van der Waals surface area contributed by atoms with Crippen molar-refractivity contribution in [1.82, 2.24) is 0 Å². The maximum atomic E-state index is 11.1. The van der Waals surface area contributed by atoms with E-state index in [4.69, 9.17) is 5.11 Å². The number of carbonyl (C=O) groups excluding carboxylic acids is 1. The van der Waals surface area contributed by atoms with E-state index in [1.54, 1.807) is 0 Å². The summed E-state index contributed by atoms with van der Waals surface area (Å²) in [7, 11) is 0. The summed E-state index contributed by atoms with van der Waals surface area (Å²) in [6.07, 6.45) is 3.91. The Morgan fingerprint density at radius 3 is 2.73 bits per heavy atom. The summed E-state index contributed by atoms with van der Waals surface area (Å²) in [5.41, 5.74) is 0. The molecular weight excluding hydrogens is 140 g/mol. The van der Waals surface area contributed by atoms with Gasteiger partial charge in [-0.05, 0) is 25.7 Å². The number of aliphatic hydroxyl groups excluding tert-OH is 1. The van der Waals surface area contributed by atoms with Gasteiger partial charge in [0.05, 0.1) is 6.10 Å². The first-order valence-electron chi connectivity index (χ1n) is 4.44. The number of Topliss-reactive ketones (excluding diaryl/α,β-unsaturated/α-hetero) is 1. The summed E-state index contributed by atoms with van der Waals surface area (Å²) in [5, 5.41) is 9.16. The van der Waals surface area contributed by atoms with Crippen molar-refractivity contribution in [3.63, 3.8) is 0 Å². The number of carbonyl (C=O) groups is 1. The van der Waals surface area contributed by atoms with E-state index in [2.05, 4.69) is 0 Å². The zero-order valence-corrected chi connectivity index (χ0v) is 7.05. The second-order valence-electron chi connectivity index (χ2n) is 3.34. The van der Waals surface area contributed by atoms with Crippen LogP contribution in [0.5, 0.6) is 0 Å². The highest BCUT2D eigenvalue weighted by Crippen LogP contribution is 2.31. The molecule has 0 saturated heterocycles. The van der Waals surface area contributed by atoms with Crippen molar-refractivity contribution in [3.05, 3.63) is 0 Å². The number of hydrogen-bond acceptors (Lipinski definition) is 2. The van der Waals surface area contributed by atoms with E-state index in [1.807, 2.05) is 6.92 Å². The van der Waals surface area contributed by atoms with Crippen LogP contribution in [0.3, 0.4) is 0 Å². The van der Waals surface area contributed by atoms with Crippen LogP contribution < -0.4 is 0 Å². The van der Waals surface area contributed by atoms with E-state index in [-0.39, 0.29) is 6.10 Å². The molecule has 2 nitrogen and oxygen atoms in total. The summed E-state index contributed by atoms with van der Waals surface area (Å²) in [5.74, 6) is 0.719. The van der Waals surface area contributed by atoms with Crippen molar-refractivity contribution < 1.29 is 9.90 Å². The average Bonchev–Trinajstić information content (AvgIpc) is 2.81. The van der Waals surface area contributed by atoms with Gasteiger partial charge in [-0.15, -0.1) is 0 Å². The van der Waals surface area contributed by atoms with E-state index in [9.17, 15) is 4.79 Å². The quantitative estimate of drug-likeness (QED) is 0.655. The maximum absolute atomic E-state index is 11.1. The minimum absolute atomic E-state index is 0.266. The van der Waals surface area contributed by atoms with Gasteiger partial charge in [0.2, 0.25) is 0 Å². The van der Waals surface area contributed by atoms with Crippen LogP contribution in [-0.4, -0.2) is 17.0 Å². The van der Waals surface area contributed by atoms with Gasteiger partial charge in [-0.3, -0.25) is 4.79 Å². The highest BCUT2D eigenvalue weighted by Gasteiger charge is 2.28. The Labute approximate surface area is 67.6 Å². The molecule has 1 rings (SSSR count). The zero-order valence-electron chi connectivity index (χ0n) is 7.05. The third-order valence-electron chi connectivity index (χ3n) is 2.23. The SMILES string of the molecule is CCC(O)CCC(=O)C1CC1. The fraction of sp³-hybridized carbons (Fsp3) is 0.889. The molecule has 1 atom stereocenters.